The highest BCUT2D eigenvalue weighted by Gasteiger charge is 2.27. The molecule has 6 nitrogen and oxygen atoms in total. The van der Waals surface area contributed by atoms with Crippen molar-refractivity contribution in [3.05, 3.63) is 63.6 Å². The number of sulfone groups is 1. The van der Waals surface area contributed by atoms with Crippen LogP contribution >= 0.6 is 23.2 Å². The molecule has 0 unspecified atom stereocenters. The molecule has 0 heterocycles. The van der Waals surface area contributed by atoms with Gasteiger partial charge in [0.2, 0.25) is 0 Å². The zero-order chi connectivity index (χ0) is 20.4. The van der Waals surface area contributed by atoms with Gasteiger partial charge in [0.1, 0.15) is 0 Å². The Balaban J connectivity index is 2.49. The summed E-state index contributed by atoms with van der Waals surface area (Å²) in [4.78, 5) is 12.4. The number of amides is 1. The van der Waals surface area contributed by atoms with Crippen molar-refractivity contribution >= 4 is 39.1 Å². The summed E-state index contributed by atoms with van der Waals surface area (Å²) in [6.45, 7) is -0.0302. The molecule has 2 aromatic carbocycles. The first-order valence-electron chi connectivity index (χ1n) is 7.87. The standard InChI is InChI=1S/C18H19Cl2NO5S/c1-21(18(23)24)10-14(11-6-7-15(19)16(20)9-11)17(22)12-4-3-5-13(8-12)27(2,25)26/h3-9,14,17,22H,10H2,1-2H3,(H,23,24)/t14-,17-/m1/s1. The number of carboxylic acid groups (broad SMARTS) is 1. The van der Waals surface area contributed by atoms with Crippen LogP contribution in [0.3, 0.4) is 0 Å². The number of likely N-dealkylation sites (N-methyl/N-ethyl adjacent to an activating group) is 1. The first kappa shape index (κ1) is 21.5. The molecule has 2 aromatic rings. The highest BCUT2D eigenvalue weighted by Crippen LogP contribution is 2.35. The Bertz CT molecular complexity index is 949. The number of hydrogen-bond donors (Lipinski definition) is 2. The Morgan fingerprint density at radius 3 is 2.33 bits per heavy atom. The van der Waals surface area contributed by atoms with Crippen molar-refractivity contribution in [2.45, 2.75) is 16.9 Å². The van der Waals surface area contributed by atoms with Crippen molar-refractivity contribution in [3.63, 3.8) is 0 Å². The van der Waals surface area contributed by atoms with E-state index in [0.717, 1.165) is 11.2 Å². The van der Waals surface area contributed by atoms with Crippen LogP contribution < -0.4 is 0 Å². The van der Waals surface area contributed by atoms with Crippen LogP contribution in [0.15, 0.2) is 47.4 Å². The number of rotatable bonds is 6. The van der Waals surface area contributed by atoms with Gasteiger partial charge >= 0.3 is 6.09 Å². The Kier molecular flexibility index (Phi) is 6.75. The molecule has 0 bridgehead atoms. The highest BCUT2D eigenvalue weighted by atomic mass is 35.5. The van der Waals surface area contributed by atoms with E-state index in [0.29, 0.717) is 16.1 Å². The number of aliphatic hydroxyl groups is 1. The van der Waals surface area contributed by atoms with Crippen LogP contribution in [0.1, 0.15) is 23.1 Å². The maximum Gasteiger partial charge on any atom is 0.407 e. The van der Waals surface area contributed by atoms with Gasteiger partial charge < -0.3 is 15.1 Å². The maximum absolute atomic E-state index is 11.8. The third-order valence-electron chi connectivity index (χ3n) is 4.18. The van der Waals surface area contributed by atoms with Crippen LogP contribution in [0.4, 0.5) is 4.79 Å². The summed E-state index contributed by atoms with van der Waals surface area (Å²) in [7, 11) is -2.07. The van der Waals surface area contributed by atoms with Crippen LogP contribution in [0.5, 0.6) is 0 Å². The number of aliphatic hydroxyl groups excluding tert-OH is 1. The van der Waals surface area contributed by atoms with E-state index in [4.69, 9.17) is 23.2 Å². The first-order chi connectivity index (χ1) is 12.5. The van der Waals surface area contributed by atoms with Crippen LogP contribution in [0.2, 0.25) is 10.0 Å². The topological polar surface area (TPSA) is 94.9 Å². The number of hydrogen-bond acceptors (Lipinski definition) is 4. The predicted molar refractivity (Wildman–Crippen MR) is 104 cm³/mol. The third kappa shape index (κ3) is 5.35. The fourth-order valence-electron chi connectivity index (χ4n) is 2.67. The number of carbonyl (C=O) groups is 1. The van der Waals surface area contributed by atoms with E-state index in [1.165, 1.54) is 25.2 Å². The normalized spacial score (nSPS) is 13.8. The molecule has 0 aliphatic heterocycles. The molecular weight excluding hydrogens is 413 g/mol. The summed E-state index contributed by atoms with van der Waals surface area (Å²) in [5.74, 6) is -0.685. The molecular formula is C18H19Cl2NO5S. The summed E-state index contributed by atoms with van der Waals surface area (Å²) >= 11 is 12.0. The highest BCUT2D eigenvalue weighted by molar-refractivity contribution is 7.90. The molecule has 27 heavy (non-hydrogen) atoms. The molecule has 2 N–H and O–H groups in total. The lowest BCUT2D eigenvalue weighted by Gasteiger charge is -2.27. The van der Waals surface area contributed by atoms with Crippen molar-refractivity contribution < 1.29 is 23.4 Å². The minimum Gasteiger partial charge on any atom is -0.465 e. The Hall–Kier alpha value is -1.80. The lowest BCUT2D eigenvalue weighted by Crippen LogP contribution is -2.32. The second kappa shape index (κ2) is 8.48. The predicted octanol–water partition coefficient (Wildman–Crippen LogP) is 3.82. The molecule has 1 amide bonds. The molecule has 0 aliphatic carbocycles. The van der Waals surface area contributed by atoms with E-state index in [1.807, 2.05) is 0 Å². The fourth-order valence-corrected chi connectivity index (χ4v) is 3.65. The number of benzene rings is 2. The molecule has 0 spiro atoms. The number of nitrogens with zero attached hydrogens (tertiary/aromatic N) is 1. The van der Waals surface area contributed by atoms with Crippen molar-refractivity contribution in [2.75, 3.05) is 19.8 Å². The van der Waals surface area contributed by atoms with Crippen LogP contribution in [0, 0.1) is 0 Å². The second-order valence-electron chi connectivity index (χ2n) is 6.23. The van der Waals surface area contributed by atoms with Crippen LogP contribution in [-0.4, -0.2) is 49.5 Å². The summed E-state index contributed by atoms with van der Waals surface area (Å²) in [5.41, 5.74) is 0.933. The molecule has 146 valence electrons. The van der Waals surface area contributed by atoms with E-state index in [9.17, 15) is 23.4 Å². The lowest BCUT2D eigenvalue weighted by atomic mass is 9.88. The van der Waals surface area contributed by atoms with E-state index in [2.05, 4.69) is 0 Å². The van der Waals surface area contributed by atoms with Crippen molar-refractivity contribution in [3.8, 4) is 0 Å². The monoisotopic (exact) mass is 431 g/mol. The van der Waals surface area contributed by atoms with E-state index in [1.54, 1.807) is 24.3 Å². The molecule has 0 saturated heterocycles. The van der Waals surface area contributed by atoms with E-state index in [-0.39, 0.29) is 16.5 Å². The van der Waals surface area contributed by atoms with Crippen molar-refractivity contribution in [1.82, 2.24) is 4.90 Å². The molecule has 0 saturated carbocycles. The van der Waals surface area contributed by atoms with Crippen molar-refractivity contribution in [1.29, 1.82) is 0 Å². The van der Waals surface area contributed by atoms with Gasteiger partial charge in [-0.3, -0.25) is 0 Å². The molecule has 0 aromatic heterocycles. The molecule has 0 aliphatic rings. The smallest absolute Gasteiger partial charge is 0.407 e. The minimum absolute atomic E-state index is 0.0302. The van der Waals surface area contributed by atoms with Gasteiger partial charge in [0, 0.05) is 25.8 Å². The van der Waals surface area contributed by atoms with Gasteiger partial charge in [0.15, 0.2) is 9.84 Å². The van der Waals surface area contributed by atoms with Gasteiger partial charge in [-0.05, 0) is 35.4 Å². The quantitative estimate of drug-likeness (QED) is 0.724. The minimum atomic E-state index is -3.45. The summed E-state index contributed by atoms with van der Waals surface area (Å²) in [6, 6.07) is 10.7. The van der Waals surface area contributed by atoms with Gasteiger partial charge in [0.05, 0.1) is 21.0 Å². The molecule has 9 heteroatoms. The molecule has 2 atom stereocenters. The SMILES string of the molecule is CN(C[C@H](c1ccc(Cl)c(Cl)c1)[C@H](O)c1cccc(S(C)(=O)=O)c1)C(=O)O. The third-order valence-corrected chi connectivity index (χ3v) is 6.03. The van der Waals surface area contributed by atoms with Gasteiger partial charge in [-0.25, -0.2) is 13.2 Å². The van der Waals surface area contributed by atoms with Crippen LogP contribution in [0.25, 0.3) is 0 Å². The summed E-state index contributed by atoms with van der Waals surface area (Å²) in [5, 5.41) is 20.7. The average Bonchev–Trinajstić information content (AvgIpc) is 2.60. The Morgan fingerprint density at radius 2 is 1.78 bits per heavy atom. The Morgan fingerprint density at radius 1 is 1.11 bits per heavy atom. The van der Waals surface area contributed by atoms with Gasteiger partial charge in [-0.2, -0.15) is 0 Å². The second-order valence-corrected chi connectivity index (χ2v) is 9.06. The summed E-state index contributed by atoms with van der Waals surface area (Å²) in [6.07, 6.45) is -1.24. The Labute approximate surface area is 167 Å². The molecule has 0 fully saturated rings. The maximum atomic E-state index is 11.8. The zero-order valence-electron chi connectivity index (χ0n) is 14.6. The molecule has 2 rings (SSSR count). The van der Waals surface area contributed by atoms with E-state index < -0.39 is 28.0 Å². The van der Waals surface area contributed by atoms with Crippen LogP contribution in [-0.2, 0) is 9.84 Å². The van der Waals surface area contributed by atoms with Gasteiger partial charge in [-0.1, -0.05) is 41.4 Å². The van der Waals surface area contributed by atoms with Gasteiger partial charge in [-0.15, -0.1) is 0 Å². The van der Waals surface area contributed by atoms with Gasteiger partial charge in [0.25, 0.3) is 0 Å². The zero-order valence-corrected chi connectivity index (χ0v) is 17.0. The lowest BCUT2D eigenvalue weighted by molar-refractivity contribution is 0.113. The van der Waals surface area contributed by atoms with E-state index >= 15 is 0 Å². The van der Waals surface area contributed by atoms with Crippen molar-refractivity contribution in [2.24, 2.45) is 0 Å². The first-order valence-corrected chi connectivity index (χ1v) is 10.5. The fraction of sp³-hybridized carbons (Fsp3) is 0.278. The summed E-state index contributed by atoms with van der Waals surface area (Å²) < 4.78 is 23.6. The largest absolute Gasteiger partial charge is 0.465 e. The average molecular weight is 432 g/mol. The molecule has 0 radical (unpaired) electrons. The number of halogens is 2.